The number of hydrogen-bond donors (Lipinski definition) is 1. The highest BCUT2D eigenvalue weighted by Crippen LogP contribution is 2.30. The van der Waals surface area contributed by atoms with Crippen LogP contribution < -0.4 is 5.32 Å². The van der Waals surface area contributed by atoms with E-state index < -0.39 is 34.4 Å². The van der Waals surface area contributed by atoms with Gasteiger partial charge in [-0.25, -0.2) is 12.7 Å². The molecule has 1 atom stereocenters. The van der Waals surface area contributed by atoms with Gasteiger partial charge in [0.25, 0.3) is 15.9 Å². The number of sulfonamides is 1. The van der Waals surface area contributed by atoms with E-state index in [4.69, 9.17) is 0 Å². The molecule has 9 heteroatoms. The van der Waals surface area contributed by atoms with E-state index in [0.29, 0.717) is 17.3 Å². The first-order valence-corrected chi connectivity index (χ1v) is 12.0. The molecule has 1 aliphatic heterocycles. The fraction of sp³-hybridized carbons (Fsp3) is 0.348. The molecule has 32 heavy (non-hydrogen) atoms. The Morgan fingerprint density at radius 2 is 1.69 bits per heavy atom. The smallest absolute Gasteiger partial charge is 0.269 e. The van der Waals surface area contributed by atoms with Crippen LogP contribution in [0.1, 0.15) is 42.6 Å². The molecule has 1 aliphatic rings. The number of hydrogen-bond acceptors (Lipinski definition) is 5. The molecule has 1 N–H and O–H groups in total. The second-order valence-corrected chi connectivity index (χ2v) is 9.37. The van der Waals surface area contributed by atoms with Crippen LogP contribution in [-0.4, -0.2) is 54.5 Å². The standard InChI is InChI=1S/C23H27N3O5S/c1-3-14-24-22(28)19(4-2)25(15-17-10-6-5-7-11-17)21(27)16-26-23(29)18-12-8-9-13-20(18)32(26,30)31/h5-13,19H,3-4,14-16H2,1-2H3,(H,24,28)/t19-/m1/s1. The monoisotopic (exact) mass is 457 g/mol. The van der Waals surface area contributed by atoms with Crippen molar-refractivity contribution in [1.82, 2.24) is 14.5 Å². The van der Waals surface area contributed by atoms with Crippen molar-refractivity contribution in [3.8, 4) is 0 Å². The van der Waals surface area contributed by atoms with Crippen molar-refractivity contribution in [3.05, 3.63) is 65.7 Å². The molecule has 0 aliphatic carbocycles. The van der Waals surface area contributed by atoms with Crippen molar-refractivity contribution < 1.29 is 22.8 Å². The van der Waals surface area contributed by atoms with Gasteiger partial charge in [0.15, 0.2) is 0 Å². The Balaban J connectivity index is 1.90. The number of benzene rings is 2. The van der Waals surface area contributed by atoms with Gasteiger partial charge < -0.3 is 10.2 Å². The summed E-state index contributed by atoms with van der Waals surface area (Å²) in [5.41, 5.74) is 0.837. The lowest BCUT2D eigenvalue weighted by Gasteiger charge is -2.31. The second kappa shape index (κ2) is 9.95. The van der Waals surface area contributed by atoms with Crippen LogP contribution in [0.5, 0.6) is 0 Å². The molecular formula is C23H27N3O5S. The van der Waals surface area contributed by atoms with Gasteiger partial charge in [-0.15, -0.1) is 0 Å². The van der Waals surface area contributed by atoms with Crippen molar-refractivity contribution in [2.45, 2.75) is 44.2 Å². The van der Waals surface area contributed by atoms with Gasteiger partial charge >= 0.3 is 0 Å². The molecule has 0 saturated carbocycles. The van der Waals surface area contributed by atoms with Crippen molar-refractivity contribution in [2.75, 3.05) is 13.1 Å². The topological polar surface area (TPSA) is 104 Å². The Bertz CT molecular complexity index is 1100. The minimum atomic E-state index is -4.13. The number of carbonyl (C=O) groups is 3. The quantitative estimate of drug-likeness (QED) is 0.622. The zero-order valence-corrected chi connectivity index (χ0v) is 19.0. The van der Waals surface area contributed by atoms with Crippen LogP contribution in [0.2, 0.25) is 0 Å². The predicted octanol–water partition coefficient (Wildman–Crippen LogP) is 2.16. The number of carbonyl (C=O) groups excluding carboxylic acids is 3. The van der Waals surface area contributed by atoms with Gasteiger partial charge in [0.2, 0.25) is 11.8 Å². The molecule has 0 aromatic heterocycles. The number of nitrogens with zero attached hydrogens (tertiary/aromatic N) is 2. The fourth-order valence-corrected chi connectivity index (χ4v) is 5.18. The average molecular weight is 458 g/mol. The normalized spacial score (nSPS) is 15.2. The van der Waals surface area contributed by atoms with Gasteiger partial charge in [-0.2, -0.15) is 0 Å². The summed E-state index contributed by atoms with van der Waals surface area (Å²) in [7, 11) is -4.13. The molecule has 0 radical (unpaired) electrons. The molecular weight excluding hydrogens is 430 g/mol. The van der Waals surface area contributed by atoms with E-state index in [-0.39, 0.29) is 22.9 Å². The van der Waals surface area contributed by atoms with Crippen LogP contribution in [0.4, 0.5) is 0 Å². The summed E-state index contributed by atoms with van der Waals surface area (Å²) >= 11 is 0. The van der Waals surface area contributed by atoms with Gasteiger partial charge in [-0.1, -0.05) is 56.3 Å². The summed E-state index contributed by atoms with van der Waals surface area (Å²) in [6.07, 6.45) is 1.09. The highest BCUT2D eigenvalue weighted by molar-refractivity contribution is 7.90. The number of rotatable bonds is 9. The van der Waals surface area contributed by atoms with E-state index >= 15 is 0 Å². The molecule has 2 aromatic carbocycles. The van der Waals surface area contributed by atoms with Gasteiger partial charge in [-0.05, 0) is 30.5 Å². The minimum Gasteiger partial charge on any atom is -0.354 e. The Hall–Kier alpha value is -3.20. The minimum absolute atomic E-state index is 0.0441. The van der Waals surface area contributed by atoms with E-state index in [1.54, 1.807) is 13.0 Å². The second-order valence-electron chi connectivity index (χ2n) is 7.54. The first-order chi connectivity index (χ1) is 15.3. The summed E-state index contributed by atoms with van der Waals surface area (Å²) in [6, 6.07) is 14.2. The van der Waals surface area contributed by atoms with Gasteiger partial charge in [-0.3, -0.25) is 14.4 Å². The lowest BCUT2D eigenvalue weighted by Crippen LogP contribution is -2.52. The van der Waals surface area contributed by atoms with Gasteiger partial charge in [0.1, 0.15) is 17.5 Å². The summed E-state index contributed by atoms with van der Waals surface area (Å²) in [4.78, 5) is 40.1. The van der Waals surface area contributed by atoms with Crippen LogP contribution in [-0.2, 0) is 26.2 Å². The molecule has 3 rings (SSSR count). The summed E-state index contributed by atoms with van der Waals surface area (Å²) in [6.45, 7) is 3.63. The van der Waals surface area contributed by atoms with E-state index in [0.717, 1.165) is 12.0 Å². The number of fused-ring (bicyclic) bond motifs is 1. The third kappa shape index (κ3) is 4.67. The Morgan fingerprint density at radius 1 is 1.03 bits per heavy atom. The summed E-state index contributed by atoms with van der Waals surface area (Å²) < 4.78 is 26.4. The average Bonchev–Trinajstić information content (AvgIpc) is 2.99. The first-order valence-electron chi connectivity index (χ1n) is 10.6. The molecule has 3 amide bonds. The maximum Gasteiger partial charge on any atom is 0.269 e. The van der Waals surface area contributed by atoms with Crippen LogP contribution in [0.3, 0.4) is 0 Å². The van der Waals surface area contributed by atoms with E-state index in [1.807, 2.05) is 37.3 Å². The largest absolute Gasteiger partial charge is 0.354 e. The maximum atomic E-state index is 13.4. The number of amides is 3. The first kappa shape index (κ1) is 23.5. The summed E-state index contributed by atoms with van der Waals surface area (Å²) in [5.74, 6) is -1.66. The third-order valence-electron chi connectivity index (χ3n) is 5.32. The van der Waals surface area contributed by atoms with Crippen molar-refractivity contribution in [2.24, 2.45) is 0 Å². The maximum absolute atomic E-state index is 13.4. The Morgan fingerprint density at radius 3 is 2.31 bits per heavy atom. The molecule has 1 heterocycles. The lowest BCUT2D eigenvalue weighted by molar-refractivity contribution is -0.141. The zero-order chi connectivity index (χ0) is 23.3. The van der Waals surface area contributed by atoms with E-state index in [9.17, 15) is 22.8 Å². The molecule has 2 aromatic rings. The van der Waals surface area contributed by atoms with Crippen LogP contribution in [0.25, 0.3) is 0 Å². The van der Waals surface area contributed by atoms with Crippen molar-refractivity contribution >= 4 is 27.7 Å². The van der Waals surface area contributed by atoms with Crippen LogP contribution >= 0.6 is 0 Å². The molecule has 170 valence electrons. The fourth-order valence-electron chi connectivity index (χ4n) is 3.67. The third-order valence-corrected chi connectivity index (χ3v) is 7.11. The van der Waals surface area contributed by atoms with E-state index in [2.05, 4.69) is 5.32 Å². The molecule has 0 spiro atoms. The zero-order valence-electron chi connectivity index (χ0n) is 18.2. The summed E-state index contributed by atoms with van der Waals surface area (Å²) in [5, 5.41) is 2.81. The molecule has 0 saturated heterocycles. The van der Waals surface area contributed by atoms with E-state index in [1.165, 1.54) is 23.1 Å². The molecule has 0 unspecified atom stereocenters. The molecule has 8 nitrogen and oxygen atoms in total. The highest BCUT2D eigenvalue weighted by atomic mass is 32.2. The van der Waals surface area contributed by atoms with Crippen LogP contribution in [0.15, 0.2) is 59.5 Å². The number of nitrogens with one attached hydrogen (secondary N) is 1. The van der Waals surface area contributed by atoms with Crippen molar-refractivity contribution in [3.63, 3.8) is 0 Å². The SMILES string of the molecule is CCCNC(=O)[C@@H](CC)N(Cc1ccccc1)C(=O)CN1C(=O)c2ccccc2S1(=O)=O. The van der Waals surface area contributed by atoms with Crippen molar-refractivity contribution in [1.29, 1.82) is 0 Å². The Kier molecular flexibility index (Phi) is 7.29. The van der Waals surface area contributed by atoms with Crippen LogP contribution in [0, 0.1) is 0 Å². The van der Waals surface area contributed by atoms with Gasteiger partial charge in [0, 0.05) is 13.1 Å². The molecule has 0 fully saturated rings. The molecule has 0 bridgehead atoms. The Labute approximate surface area is 188 Å². The highest BCUT2D eigenvalue weighted by Gasteiger charge is 2.43. The lowest BCUT2D eigenvalue weighted by atomic mass is 10.1. The van der Waals surface area contributed by atoms with Gasteiger partial charge in [0.05, 0.1) is 5.56 Å². The predicted molar refractivity (Wildman–Crippen MR) is 119 cm³/mol.